The number of amides is 1. The van der Waals surface area contributed by atoms with Crippen molar-refractivity contribution in [3.8, 4) is 5.75 Å². The Morgan fingerprint density at radius 2 is 2.10 bits per heavy atom. The van der Waals surface area contributed by atoms with Gasteiger partial charge in [-0.05, 0) is 12.1 Å². The third-order valence-corrected chi connectivity index (χ3v) is 2.85. The molecule has 0 bridgehead atoms. The molecule has 1 amide bonds. The van der Waals surface area contributed by atoms with Crippen LogP contribution in [0, 0.1) is 5.82 Å². The van der Waals surface area contributed by atoms with Gasteiger partial charge >= 0.3 is 0 Å². The summed E-state index contributed by atoms with van der Waals surface area (Å²) in [5, 5.41) is 18.8. The predicted molar refractivity (Wildman–Crippen MR) is 73.3 cm³/mol. The number of nitrogens with zero attached hydrogens (tertiary/aromatic N) is 1. The first-order chi connectivity index (χ1) is 9.29. The maximum Gasteiger partial charge on any atom is 0.263 e. The molecule has 106 valence electrons. The van der Waals surface area contributed by atoms with Crippen LogP contribution < -0.4 is 5.32 Å². The van der Waals surface area contributed by atoms with E-state index in [1.54, 1.807) is 6.07 Å². The van der Waals surface area contributed by atoms with E-state index in [0.717, 1.165) is 11.8 Å². The smallest absolute Gasteiger partial charge is 0.263 e. The minimum atomic E-state index is -0.783. The number of phenolic OH excluding ortho intramolecular Hbond substituents is 1. The highest BCUT2D eigenvalue weighted by molar-refractivity contribution is 6.05. The van der Waals surface area contributed by atoms with Crippen LogP contribution in [-0.4, -0.2) is 21.2 Å². The molecule has 2 aromatic rings. The zero-order chi connectivity index (χ0) is 14.9. The molecule has 0 aliphatic heterocycles. The topological polar surface area (TPSA) is 78.0 Å². The summed E-state index contributed by atoms with van der Waals surface area (Å²) in [4.78, 5) is 11.9. The molecule has 0 spiro atoms. The molecule has 0 fully saturated rings. The lowest BCUT2D eigenvalue weighted by atomic mass is 9.92. The Bertz CT molecular complexity index is 624. The predicted octanol–water partition coefficient (Wildman–Crippen LogP) is 2.80. The van der Waals surface area contributed by atoms with Gasteiger partial charge in [0, 0.05) is 17.2 Å². The second kappa shape index (κ2) is 4.96. The normalized spacial score (nSPS) is 11.4. The van der Waals surface area contributed by atoms with E-state index >= 15 is 0 Å². The molecule has 0 aliphatic carbocycles. The maximum atomic E-state index is 13.5. The quantitative estimate of drug-likeness (QED) is 0.789. The van der Waals surface area contributed by atoms with Gasteiger partial charge in [-0.3, -0.25) is 9.89 Å². The summed E-state index contributed by atoms with van der Waals surface area (Å²) in [5.41, 5.74) is 0.300. The molecule has 0 radical (unpaired) electrons. The number of benzene rings is 1. The van der Waals surface area contributed by atoms with Gasteiger partial charge in [-0.25, -0.2) is 4.39 Å². The van der Waals surface area contributed by atoms with Gasteiger partial charge in [-0.15, -0.1) is 0 Å². The molecular weight excluding hydrogens is 261 g/mol. The first-order valence-corrected chi connectivity index (χ1v) is 6.14. The molecule has 0 atom stereocenters. The molecular formula is C14H16FN3O2. The van der Waals surface area contributed by atoms with E-state index < -0.39 is 23.0 Å². The van der Waals surface area contributed by atoms with Crippen LogP contribution in [0.15, 0.2) is 24.3 Å². The number of aromatic nitrogens is 2. The standard InChI is InChI=1S/C14H16FN3O2/c1-14(2,3)10-7-11(18-17-10)16-13(20)12-8(15)5-4-6-9(12)19/h4-7,19H,1-3H3,(H2,16,17,18,20). The molecule has 0 saturated carbocycles. The highest BCUT2D eigenvalue weighted by atomic mass is 19.1. The van der Waals surface area contributed by atoms with Gasteiger partial charge in [0.05, 0.1) is 0 Å². The number of H-pyrrole nitrogens is 1. The molecule has 6 heteroatoms. The zero-order valence-corrected chi connectivity index (χ0v) is 11.5. The Morgan fingerprint density at radius 1 is 1.40 bits per heavy atom. The number of anilines is 1. The third kappa shape index (κ3) is 2.79. The van der Waals surface area contributed by atoms with Crippen LogP contribution in [0.5, 0.6) is 5.75 Å². The molecule has 3 N–H and O–H groups in total. The number of aromatic hydroxyl groups is 1. The van der Waals surface area contributed by atoms with Crippen molar-refractivity contribution >= 4 is 11.7 Å². The summed E-state index contributed by atoms with van der Waals surface area (Å²) in [6.07, 6.45) is 0. The van der Waals surface area contributed by atoms with Crippen molar-refractivity contribution in [3.05, 3.63) is 41.3 Å². The lowest BCUT2D eigenvalue weighted by molar-refractivity contribution is 0.102. The van der Waals surface area contributed by atoms with Crippen LogP contribution in [0.2, 0.25) is 0 Å². The monoisotopic (exact) mass is 277 g/mol. The van der Waals surface area contributed by atoms with Gasteiger partial charge in [0.1, 0.15) is 17.1 Å². The van der Waals surface area contributed by atoms with Crippen LogP contribution in [0.1, 0.15) is 36.8 Å². The summed E-state index contributed by atoms with van der Waals surface area (Å²) in [5.74, 6) is -1.65. The number of halogens is 1. The number of carbonyl (C=O) groups is 1. The Labute approximate surface area is 115 Å². The molecule has 1 aromatic carbocycles. The fourth-order valence-electron chi connectivity index (χ4n) is 1.69. The van der Waals surface area contributed by atoms with Gasteiger partial charge in [0.2, 0.25) is 0 Å². The minimum absolute atomic E-state index is 0.143. The zero-order valence-electron chi connectivity index (χ0n) is 11.5. The first kappa shape index (κ1) is 14.0. The SMILES string of the molecule is CC(C)(C)c1cc(NC(=O)c2c(O)cccc2F)n[nH]1. The van der Waals surface area contributed by atoms with Crippen LogP contribution in [-0.2, 0) is 5.41 Å². The highest BCUT2D eigenvalue weighted by Gasteiger charge is 2.20. The molecule has 2 rings (SSSR count). The van der Waals surface area contributed by atoms with Gasteiger partial charge in [0.25, 0.3) is 5.91 Å². The van der Waals surface area contributed by atoms with Crippen molar-refractivity contribution in [1.29, 1.82) is 0 Å². The summed E-state index contributed by atoms with van der Waals surface area (Å²) in [6.45, 7) is 5.98. The van der Waals surface area contributed by atoms with Crippen molar-refractivity contribution in [2.75, 3.05) is 5.32 Å². The van der Waals surface area contributed by atoms with E-state index in [2.05, 4.69) is 15.5 Å². The number of rotatable bonds is 2. The van der Waals surface area contributed by atoms with E-state index in [4.69, 9.17) is 0 Å². The van der Waals surface area contributed by atoms with Crippen molar-refractivity contribution in [3.63, 3.8) is 0 Å². The summed E-state index contributed by atoms with van der Waals surface area (Å²) in [6, 6.07) is 5.37. The summed E-state index contributed by atoms with van der Waals surface area (Å²) in [7, 11) is 0. The fourth-order valence-corrected chi connectivity index (χ4v) is 1.69. The molecule has 1 aromatic heterocycles. The van der Waals surface area contributed by atoms with Gasteiger partial charge in [-0.2, -0.15) is 5.10 Å². The molecule has 0 unspecified atom stereocenters. The van der Waals surface area contributed by atoms with Crippen LogP contribution in [0.4, 0.5) is 10.2 Å². The largest absolute Gasteiger partial charge is 0.507 e. The van der Waals surface area contributed by atoms with Crippen molar-refractivity contribution < 1.29 is 14.3 Å². The van der Waals surface area contributed by atoms with Gasteiger partial charge in [0.15, 0.2) is 5.82 Å². The minimum Gasteiger partial charge on any atom is -0.507 e. The number of phenols is 1. The summed E-state index contributed by atoms with van der Waals surface area (Å²) < 4.78 is 13.5. The molecule has 20 heavy (non-hydrogen) atoms. The number of aromatic amines is 1. The van der Waals surface area contributed by atoms with Crippen LogP contribution in [0.25, 0.3) is 0 Å². The van der Waals surface area contributed by atoms with Crippen molar-refractivity contribution in [1.82, 2.24) is 10.2 Å². The first-order valence-electron chi connectivity index (χ1n) is 6.14. The molecule has 5 nitrogen and oxygen atoms in total. The third-order valence-electron chi connectivity index (χ3n) is 2.85. The number of hydrogen-bond donors (Lipinski definition) is 3. The van der Waals surface area contributed by atoms with Gasteiger partial charge in [-0.1, -0.05) is 26.8 Å². The Balaban J connectivity index is 2.22. The van der Waals surface area contributed by atoms with Crippen molar-refractivity contribution in [2.24, 2.45) is 0 Å². The number of nitrogens with one attached hydrogen (secondary N) is 2. The second-order valence-corrected chi connectivity index (χ2v) is 5.50. The lowest BCUT2D eigenvalue weighted by Crippen LogP contribution is -2.14. The molecule has 1 heterocycles. The number of hydrogen-bond acceptors (Lipinski definition) is 3. The fraction of sp³-hybridized carbons (Fsp3) is 0.286. The average Bonchev–Trinajstić information content (AvgIpc) is 2.76. The molecule has 0 aliphatic rings. The number of carbonyl (C=O) groups excluding carboxylic acids is 1. The lowest BCUT2D eigenvalue weighted by Gasteiger charge is -2.14. The second-order valence-electron chi connectivity index (χ2n) is 5.50. The Kier molecular flexibility index (Phi) is 3.48. The Hall–Kier alpha value is -2.37. The Morgan fingerprint density at radius 3 is 2.65 bits per heavy atom. The van der Waals surface area contributed by atoms with E-state index in [1.165, 1.54) is 12.1 Å². The van der Waals surface area contributed by atoms with Crippen LogP contribution in [0.3, 0.4) is 0 Å². The van der Waals surface area contributed by atoms with Crippen LogP contribution >= 0.6 is 0 Å². The average molecular weight is 277 g/mol. The van der Waals surface area contributed by atoms with E-state index in [1.807, 2.05) is 20.8 Å². The van der Waals surface area contributed by atoms with E-state index in [-0.39, 0.29) is 11.2 Å². The molecule has 0 saturated heterocycles. The maximum absolute atomic E-state index is 13.5. The highest BCUT2D eigenvalue weighted by Crippen LogP contribution is 2.24. The summed E-state index contributed by atoms with van der Waals surface area (Å²) >= 11 is 0. The van der Waals surface area contributed by atoms with E-state index in [0.29, 0.717) is 0 Å². The van der Waals surface area contributed by atoms with Crippen molar-refractivity contribution in [2.45, 2.75) is 26.2 Å². The van der Waals surface area contributed by atoms with Gasteiger partial charge < -0.3 is 10.4 Å². The van der Waals surface area contributed by atoms with E-state index in [9.17, 15) is 14.3 Å².